The van der Waals surface area contributed by atoms with Gasteiger partial charge in [0.1, 0.15) is 5.82 Å². The van der Waals surface area contributed by atoms with Gasteiger partial charge in [-0.05, 0) is 42.0 Å². The molecule has 22 heavy (non-hydrogen) atoms. The van der Waals surface area contributed by atoms with Gasteiger partial charge >= 0.3 is 0 Å². The molecular weight excluding hydrogens is 322 g/mol. The van der Waals surface area contributed by atoms with Crippen molar-refractivity contribution >= 4 is 38.3 Å². The molecule has 0 bridgehead atoms. The van der Waals surface area contributed by atoms with E-state index in [1.165, 1.54) is 12.1 Å². The molecule has 1 heterocycles. The average molecular weight is 334 g/mol. The van der Waals surface area contributed by atoms with Crippen molar-refractivity contribution < 1.29 is 8.42 Å². The number of benzene rings is 2. The summed E-state index contributed by atoms with van der Waals surface area (Å²) in [4.78, 5) is 4.39. The fourth-order valence-electron chi connectivity index (χ4n) is 2.22. The van der Waals surface area contributed by atoms with Gasteiger partial charge in [0.15, 0.2) is 0 Å². The van der Waals surface area contributed by atoms with Gasteiger partial charge in [0.2, 0.25) is 10.0 Å². The monoisotopic (exact) mass is 333 g/mol. The van der Waals surface area contributed by atoms with Gasteiger partial charge in [0.25, 0.3) is 0 Å². The lowest BCUT2D eigenvalue weighted by atomic mass is 10.0. The molecule has 0 aliphatic heterocycles. The van der Waals surface area contributed by atoms with E-state index in [-0.39, 0.29) is 4.90 Å². The van der Waals surface area contributed by atoms with Crippen LogP contribution in [0.3, 0.4) is 0 Å². The lowest BCUT2D eigenvalue weighted by molar-refractivity contribution is 0.598. The second-order valence-electron chi connectivity index (χ2n) is 4.83. The summed E-state index contributed by atoms with van der Waals surface area (Å²) in [6.45, 7) is 0. The molecule has 0 aliphatic carbocycles. The molecule has 112 valence electrons. The van der Waals surface area contributed by atoms with E-state index in [2.05, 4.69) is 4.98 Å². The Hall–Kier alpha value is -2.15. The predicted octanol–water partition coefficient (Wildman–Crippen LogP) is 2.78. The highest BCUT2D eigenvalue weighted by atomic mass is 35.5. The van der Waals surface area contributed by atoms with Gasteiger partial charge in [0.05, 0.1) is 10.4 Å². The van der Waals surface area contributed by atoms with Crippen molar-refractivity contribution in [2.24, 2.45) is 5.14 Å². The number of fused-ring (bicyclic) bond motifs is 1. The number of nitrogen functional groups attached to an aromatic ring is 1. The first-order valence-corrected chi connectivity index (χ1v) is 8.26. The zero-order valence-electron chi connectivity index (χ0n) is 11.3. The van der Waals surface area contributed by atoms with Crippen LogP contribution in [-0.4, -0.2) is 13.4 Å². The number of rotatable bonds is 2. The Labute approximate surface area is 132 Å². The lowest BCUT2D eigenvalue weighted by Gasteiger charge is -2.08. The van der Waals surface area contributed by atoms with Gasteiger partial charge < -0.3 is 5.73 Å². The van der Waals surface area contributed by atoms with E-state index >= 15 is 0 Å². The van der Waals surface area contributed by atoms with Crippen molar-refractivity contribution in [3.05, 3.63) is 53.6 Å². The number of anilines is 1. The highest BCUT2D eigenvalue weighted by molar-refractivity contribution is 7.89. The Balaban J connectivity index is 2.15. The molecule has 1 aromatic heterocycles. The van der Waals surface area contributed by atoms with Crippen LogP contribution in [0.15, 0.2) is 53.4 Å². The summed E-state index contributed by atoms with van der Waals surface area (Å²) >= 11 is 5.99. The van der Waals surface area contributed by atoms with Crippen LogP contribution in [0, 0.1) is 0 Å². The van der Waals surface area contributed by atoms with Crippen molar-refractivity contribution in [1.82, 2.24) is 4.98 Å². The summed E-state index contributed by atoms with van der Waals surface area (Å²) in [5, 5.41) is 6.55. The Morgan fingerprint density at radius 2 is 1.68 bits per heavy atom. The van der Waals surface area contributed by atoms with Crippen LogP contribution in [0.2, 0.25) is 5.02 Å². The van der Waals surface area contributed by atoms with Crippen molar-refractivity contribution in [3.8, 4) is 11.1 Å². The van der Waals surface area contributed by atoms with Gasteiger partial charge in [-0.15, -0.1) is 0 Å². The average Bonchev–Trinajstić information content (AvgIpc) is 2.46. The van der Waals surface area contributed by atoms with Crippen LogP contribution in [0.5, 0.6) is 0 Å². The molecule has 0 aliphatic rings. The molecule has 3 rings (SSSR count). The molecule has 5 nitrogen and oxygen atoms in total. The Morgan fingerprint density at radius 1 is 1.00 bits per heavy atom. The Morgan fingerprint density at radius 3 is 2.32 bits per heavy atom. The highest BCUT2D eigenvalue weighted by Gasteiger charge is 2.10. The molecule has 0 saturated heterocycles. The molecule has 0 unspecified atom stereocenters. The molecule has 7 heteroatoms. The summed E-state index contributed by atoms with van der Waals surface area (Å²) in [7, 11) is -3.72. The number of aromatic nitrogens is 1. The molecule has 0 spiro atoms. The van der Waals surface area contributed by atoms with Gasteiger partial charge in [-0.3, -0.25) is 0 Å². The van der Waals surface area contributed by atoms with E-state index in [4.69, 9.17) is 22.5 Å². The lowest BCUT2D eigenvalue weighted by Crippen LogP contribution is -2.11. The van der Waals surface area contributed by atoms with E-state index in [0.717, 1.165) is 16.5 Å². The predicted molar refractivity (Wildman–Crippen MR) is 88.0 cm³/mol. The maximum Gasteiger partial charge on any atom is 0.238 e. The number of pyridine rings is 1. The van der Waals surface area contributed by atoms with E-state index in [9.17, 15) is 8.42 Å². The smallest absolute Gasteiger partial charge is 0.238 e. The first-order chi connectivity index (χ1) is 10.3. The van der Waals surface area contributed by atoms with E-state index in [1.54, 1.807) is 30.3 Å². The van der Waals surface area contributed by atoms with Gasteiger partial charge in [-0.25, -0.2) is 18.5 Å². The molecule has 0 amide bonds. The minimum Gasteiger partial charge on any atom is -0.383 e. The van der Waals surface area contributed by atoms with E-state index in [0.29, 0.717) is 16.4 Å². The molecule has 0 saturated carbocycles. The number of sulfonamides is 1. The zero-order chi connectivity index (χ0) is 15.9. The molecule has 0 atom stereocenters. The number of halogens is 1. The third kappa shape index (κ3) is 2.76. The summed E-state index contributed by atoms with van der Waals surface area (Å²) in [5.74, 6) is 0.359. The first-order valence-electron chi connectivity index (χ1n) is 6.33. The minimum absolute atomic E-state index is 0.0478. The molecule has 2 aromatic carbocycles. The van der Waals surface area contributed by atoms with Gasteiger partial charge in [-0.2, -0.15) is 0 Å². The zero-order valence-corrected chi connectivity index (χ0v) is 12.9. The number of hydrogen-bond donors (Lipinski definition) is 2. The quantitative estimate of drug-likeness (QED) is 0.753. The van der Waals surface area contributed by atoms with Crippen LogP contribution in [0.1, 0.15) is 0 Å². The molecule has 4 N–H and O–H groups in total. The molecular formula is C15H12ClN3O2S. The molecule has 3 aromatic rings. The SMILES string of the molecule is Nc1nc2ccc(Cl)cc2cc1-c1ccc(S(N)(=O)=O)cc1. The van der Waals surface area contributed by atoms with E-state index < -0.39 is 10.0 Å². The third-order valence-electron chi connectivity index (χ3n) is 3.30. The van der Waals surface area contributed by atoms with Crippen molar-refractivity contribution in [2.75, 3.05) is 5.73 Å². The van der Waals surface area contributed by atoms with Crippen LogP contribution < -0.4 is 10.9 Å². The largest absolute Gasteiger partial charge is 0.383 e. The van der Waals surface area contributed by atoms with Crippen LogP contribution >= 0.6 is 11.6 Å². The molecule has 0 fully saturated rings. The van der Waals surface area contributed by atoms with Crippen LogP contribution in [0.25, 0.3) is 22.0 Å². The summed E-state index contributed by atoms with van der Waals surface area (Å²) in [6.07, 6.45) is 0. The first kappa shape index (κ1) is 14.8. The van der Waals surface area contributed by atoms with E-state index in [1.807, 2.05) is 6.07 Å². The fraction of sp³-hybridized carbons (Fsp3) is 0. The maximum atomic E-state index is 11.3. The number of hydrogen-bond acceptors (Lipinski definition) is 4. The Kier molecular flexibility index (Phi) is 3.52. The third-order valence-corrected chi connectivity index (χ3v) is 4.46. The second kappa shape index (κ2) is 5.24. The maximum absolute atomic E-state index is 11.3. The Bertz CT molecular complexity index is 970. The fourth-order valence-corrected chi connectivity index (χ4v) is 2.91. The standard InChI is InChI=1S/C15H12ClN3O2S/c16-11-3-6-14-10(7-11)8-13(15(17)19-14)9-1-4-12(5-2-9)22(18,20)21/h1-8H,(H2,17,19)(H2,18,20,21). The number of primary sulfonamides is 1. The topological polar surface area (TPSA) is 99.1 Å². The normalized spacial score (nSPS) is 11.7. The van der Waals surface area contributed by atoms with Crippen LogP contribution in [0.4, 0.5) is 5.82 Å². The molecule has 0 radical (unpaired) electrons. The summed E-state index contributed by atoms with van der Waals surface area (Å²) in [5.41, 5.74) is 8.19. The highest BCUT2D eigenvalue weighted by Crippen LogP contribution is 2.30. The van der Waals surface area contributed by atoms with Crippen molar-refractivity contribution in [1.29, 1.82) is 0 Å². The summed E-state index contributed by atoms with van der Waals surface area (Å²) < 4.78 is 22.6. The minimum atomic E-state index is -3.72. The van der Waals surface area contributed by atoms with Gasteiger partial charge in [-0.1, -0.05) is 23.7 Å². The second-order valence-corrected chi connectivity index (χ2v) is 6.83. The van der Waals surface area contributed by atoms with Crippen LogP contribution in [-0.2, 0) is 10.0 Å². The number of nitrogens with zero attached hydrogens (tertiary/aromatic N) is 1. The summed E-state index contributed by atoms with van der Waals surface area (Å²) in [6, 6.07) is 13.4. The van der Waals surface area contributed by atoms with Crippen molar-refractivity contribution in [2.45, 2.75) is 4.90 Å². The van der Waals surface area contributed by atoms with Gasteiger partial charge in [0, 0.05) is 16.0 Å². The number of nitrogens with two attached hydrogens (primary N) is 2. The van der Waals surface area contributed by atoms with Crippen molar-refractivity contribution in [3.63, 3.8) is 0 Å².